The molecule has 0 saturated carbocycles. The molecule has 240 valence electrons. The maximum atomic E-state index is 2.99. The molecule has 6 rings (SSSR count). The second kappa shape index (κ2) is 18.8. The Morgan fingerprint density at radius 1 is 0.652 bits per heavy atom. The number of aryl methyl sites for hydroxylation is 2. The van der Waals surface area contributed by atoms with Gasteiger partial charge in [-0.15, -0.1) is 71.0 Å². The second-order valence-electron chi connectivity index (χ2n) is 13.8. The van der Waals surface area contributed by atoms with Crippen molar-refractivity contribution in [1.82, 2.24) is 0 Å². The molecule has 0 radical (unpaired) electrons. The summed E-state index contributed by atoms with van der Waals surface area (Å²) in [4.78, 5) is 0. The Balaban J connectivity index is 0.000000270. The van der Waals surface area contributed by atoms with Gasteiger partial charge in [0, 0.05) is 0 Å². The van der Waals surface area contributed by atoms with E-state index in [0.29, 0.717) is 0 Å². The van der Waals surface area contributed by atoms with E-state index < -0.39 is 0 Å². The number of allylic oxidation sites excluding steroid dienone is 4. The van der Waals surface area contributed by atoms with Crippen molar-refractivity contribution in [1.29, 1.82) is 0 Å². The number of fused-ring (bicyclic) bond motifs is 3. The fourth-order valence-corrected chi connectivity index (χ4v) is 5.91. The SMILES string of the molecule is CC(C)(C)c1ccc2c(c1)[cH-]c1cc(C(C)(C)C)ccc12.Cl.Cl.[C-]1=CC=CC1.[Zr+2]=[C](CCc1ccccc1)CCc1ccccc1. The molecule has 0 nitrogen and oxygen atoms in total. The average molecular weight is 729 g/mol. The van der Waals surface area contributed by atoms with Crippen LogP contribution >= 0.6 is 24.8 Å². The summed E-state index contributed by atoms with van der Waals surface area (Å²) in [6.45, 7) is 13.6. The number of hydrogen-bond acceptors (Lipinski definition) is 0. The summed E-state index contributed by atoms with van der Waals surface area (Å²) >= 11 is 1.60. The number of rotatable bonds is 6. The Bertz CT molecular complexity index is 1570. The van der Waals surface area contributed by atoms with Gasteiger partial charge in [0.15, 0.2) is 0 Å². The summed E-state index contributed by atoms with van der Waals surface area (Å²) in [5.74, 6) is 0. The molecule has 0 aliphatic heterocycles. The maximum absolute atomic E-state index is 2.99. The third-order valence-corrected chi connectivity index (χ3v) is 9.37. The summed E-state index contributed by atoms with van der Waals surface area (Å²) in [5, 5.41) is 5.48. The van der Waals surface area contributed by atoms with Crippen LogP contribution in [0, 0.1) is 6.08 Å². The van der Waals surface area contributed by atoms with Crippen LogP contribution in [0.1, 0.15) is 83.1 Å². The molecule has 0 saturated heterocycles. The van der Waals surface area contributed by atoms with Crippen LogP contribution < -0.4 is 0 Å². The molecule has 0 fully saturated rings. The predicted octanol–water partition coefficient (Wildman–Crippen LogP) is 12.4. The van der Waals surface area contributed by atoms with E-state index in [9.17, 15) is 0 Å². The zero-order chi connectivity index (χ0) is 31.6. The molecule has 0 heterocycles. The topological polar surface area (TPSA) is 0 Å². The monoisotopic (exact) mass is 726 g/mol. The van der Waals surface area contributed by atoms with E-state index in [-0.39, 0.29) is 35.6 Å². The van der Waals surface area contributed by atoms with Crippen LogP contribution in [0.25, 0.3) is 21.5 Å². The zero-order valence-corrected chi connectivity index (χ0v) is 32.5. The van der Waals surface area contributed by atoms with Gasteiger partial charge in [0.25, 0.3) is 0 Å². The van der Waals surface area contributed by atoms with Gasteiger partial charge in [0.1, 0.15) is 0 Å². The third kappa shape index (κ3) is 12.3. The average Bonchev–Trinajstić information content (AvgIpc) is 3.71. The Morgan fingerprint density at radius 2 is 1.09 bits per heavy atom. The van der Waals surface area contributed by atoms with E-state index in [1.807, 2.05) is 12.2 Å². The zero-order valence-electron chi connectivity index (χ0n) is 28.4. The van der Waals surface area contributed by atoms with Crippen molar-refractivity contribution in [2.24, 2.45) is 0 Å². The number of halogens is 2. The van der Waals surface area contributed by atoms with Crippen LogP contribution in [-0.4, -0.2) is 3.21 Å². The van der Waals surface area contributed by atoms with Crippen LogP contribution in [0.4, 0.5) is 0 Å². The molecule has 3 heteroatoms. The van der Waals surface area contributed by atoms with Crippen molar-refractivity contribution in [3.63, 3.8) is 0 Å². The van der Waals surface area contributed by atoms with Gasteiger partial charge in [0.2, 0.25) is 0 Å². The normalized spacial score (nSPS) is 12.0. The summed E-state index contributed by atoms with van der Waals surface area (Å²) in [5.41, 5.74) is 6.12. The van der Waals surface area contributed by atoms with E-state index in [1.165, 1.54) is 69.5 Å². The molecule has 5 aromatic rings. The third-order valence-electron chi connectivity index (χ3n) is 8.14. The first-order valence-electron chi connectivity index (χ1n) is 16.0. The van der Waals surface area contributed by atoms with Crippen molar-refractivity contribution in [2.45, 2.75) is 84.5 Å². The van der Waals surface area contributed by atoms with Gasteiger partial charge < -0.3 is 0 Å². The number of hydrogen-bond donors (Lipinski definition) is 0. The Kier molecular flexibility index (Phi) is 16.2. The van der Waals surface area contributed by atoms with Gasteiger partial charge in [-0.3, -0.25) is 6.08 Å². The molecule has 46 heavy (non-hydrogen) atoms. The fourth-order valence-electron chi connectivity index (χ4n) is 5.30. The first-order chi connectivity index (χ1) is 21.0. The van der Waals surface area contributed by atoms with Gasteiger partial charge in [-0.2, -0.15) is 6.08 Å². The fraction of sp³-hybridized carbons (Fsp3) is 0.302. The molecule has 1 aliphatic carbocycles. The van der Waals surface area contributed by atoms with Crippen LogP contribution in [0.3, 0.4) is 0 Å². The summed E-state index contributed by atoms with van der Waals surface area (Å²) in [7, 11) is 0. The standard InChI is InChI=1S/C21H25.C17H18.C5H5.2ClH.Zr/c1-20(2,3)16-7-9-18-14(12-16)11-15-13-17(21(4,5)6)8-10-19(15)18;1-4-10-16(11-5-1)14-8-3-9-15-17-12-6-2-7-13-17;1-2-4-5-3-1;;;/h7-13H,1-6H3;1-2,4-7,10-13H,8-9,14-15H2;1-3H,4H2;2*1H;/q-1;;-1;;;+2. The van der Waals surface area contributed by atoms with Crippen LogP contribution in [-0.2, 0) is 47.9 Å². The minimum absolute atomic E-state index is 0. The van der Waals surface area contributed by atoms with Crippen LogP contribution in [0.5, 0.6) is 0 Å². The molecule has 0 amide bonds. The van der Waals surface area contributed by atoms with E-state index in [0.717, 1.165) is 6.42 Å². The van der Waals surface area contributed by atoms with E-state index >= 15 is 0 Å². The van der Waals surface area contributed by atoms with E-state index in [2.05, 4.69) is 157 Å². The minimum atomic E-state index is 0. The van der Waals surface area contributed by atoms with Gasteiger partial charge in [0.05, 0.1) is 0 Å². The first kappa shape index (κ1) is 39.7. The predicted molar refractivity (Wildman–Crippen MR) is 205 cm³/mol. The van der Waals surface area contributed by atoms with Gasteiger partial charge in [-0.05, 0) is 10.8 Å². The molecular formula is C43H50Cl2Zr. The van der Waals surface area contributed by atoms with Crippen molar-refractivity contribution < 1.29 is 24.2 Å². The molecule has 0 atom stereocenters. The van der Waals surface area contributed by atoms with Crippen molar-refractivity contribution in [3.05, 3.63) is 150 Å². The molecule has 0 spiro atoms. The van der Waals surface area contributed by atoms with E-state index in [4.69, 9.17) is 0 Å². The van der Waals surface area contributed by atoms with Crippen molar-refractivity contribution >= 4 is 49.6 Å². The van der Waals surface area contributed by atoms with Gasteiger partial charge >= 0.3 is 125 Å². The summed E-state index contributed by atoms with van der Waals surface area (Å²) in [6.07, 6.45) is 14.9. The Morgan fingerprint density at radius 3 is 1.41 bits per heavy atom. The molecule has 5 aromatic carbocycles. The molecule has 0 aromatic heterocycles. The van der Waals surface area contributed by atoms with E-state index in [1.54, 1.807) is 27.4 Å². The number of benzene rings is 4. The summed E-state index contributed by atoms with van der Waals surface area (Å²) < 4.78 is 1.69. The summed E-state index contributed by atoms with van der Waals surface area (Å²) in [6, 6.07) is 37.7. The molecule has 0 bridgehead atoms. The second-order valence-corrected chi connectivity index (χ2v) is 15.6. The van der Waals surface area contributed by atoms with Crippen LogP contribution in [0.2, 0.25) is 0 Å². The molecule has 1 aliphatic rings. The molecule has 0 unspecified atom stereocenters. The molecular weight excluding hydrogens is 679 g/mol. The molecule has 0 N–H and O–H groups in total. The van der Waals surface area contributed by atoms with Gasteiger partial charge in [-0.25, -0.2) is 12.2 Å². The Labute approximate surface area is 305 Å². The Hall–Kier alpha value is -2.44. The van der Waals surface area contributed by atoms with Gasteiger partial charge in [-0.1, -0.05) is 76.9 Å². The first-order valence-corrected chi connectivity index (χ1v) is 17.2. The van der Waals surface area contributed by atoms with Crippen LogP contribution in [0.15, 0.2) is 121 Å². The van der Waals surface area contributed by atoms with Crippen molar-refractivity contribution in [2.75, 3.05) is 0 Å². The van der Waals surface area contributed by atoms with Crippen molar-refractivity contribution in [3.8, 4) is 0 Å². The quantitative estimate of drug-likeness (QED) is 0.153.